The summed E-state index contributed by atoms with van der Waals surface area (Å²) in [7, 11) is 0. The van der Waals surface area contributed by atoms with Crippen molar-refractivity contribution in [1.82, 2.24) is 0 Å². The quantitative estimate of drug-likeness (QED) is 0.822. The highest BCUT2D eigenvalue weighted by Gasteiger charge is 2.03. The van der Waals surface area contributed by atoms with E-state index >= 15 is 0 Å². The molecule has 5 nitrogen and oxygen atoms in total. The van der Waals surface area contributed by atoms with Gasteiger partial charge in [-0.25, -0.2) is 0 Å². The van der Waals surface area contributed by atoms with Crippen molar-refractivity contribution in [3.05, 3.63) is 54.1 Å². The molecule has 0 aromatic heterocycles. The molecule has 2 aromatic carbocycles. The van der Waals surface area contributed by atoms with Gasteiger partial charge in [0.1, 0.15) is 5.75 Å². The van der Waals surface area contributed by atoms with Crippen LogP contribution in [0.25, 0.3) is 0 Å². The number of hydrogen-bond acceptors (Lipinski definition) is 4. The first-order valence-electron chi connectivity index (χ1n) is 7.48. The largest absolute Gasteiger partial charge is 0.494 e. The first kappa shape index (κ1) is 16.4. The van der Waals surface area contributed by atoms with Crippen LogP contribution in [0.5, 0.6) is 5.75 Å². The van der Waals surface area contributed by atoms with Gasteiger partial charge in [0.2, 0.25) is 5.91 Å². The van der Waals surface area contributed by atoms with Gasteiger partial charge in [0.05, 0.1) is 18.2 Å². The number of carbonyl (C=O) groups is 1. The second kappa shape index (κ2) is 8.44. The van der Waals surface area contributed by atoms with Crippen molar-refractivity contribution in [2.75, 3.05) is 23.8 Å². The lowest BCUT2D eigenvalue weighted by Gasteiger charge is -2.09. The van der Waals surface area contributed by atoms with E-state index in [4.69, 9.17) is 10.00 Å². The molecule has 0 heterocycles. The lowest BCUT2D eigenvalue weighted by molar-refractivity contribution is -0.115. The molecule has 1 amide bonds. The number of carbonyl (C=O) groups excluding carboxylic acids is 1. The molecule has 0 saturated heterocycles. The third kappa shape index (κ3) is 5.36. The minimum atomic E-state index is -0.0986. The van der Waals surface area contributed by atoms with Crippen LogP contribution in [0.3, 0.4) is 0 Å². The molecule has 2 aromatic rings. The van der Waals surface area contributed by atoms with Gasteiger partial charge in [-0.15, -0.1) is 0 Å². The summed E-state index contributed by atoms with van der Waals surface area (Å²) >= 11 is 0. The monoisotopic (exact) mass is 309 g/mol. The summed E-state index contributed by atoms with van der Waals surface area (Å²) in [6.07, 6.45) is 0.337. The Kier molecular flexibility index (Phi) is 6.01. The molecule has 0 spiro atoms. The number of rotatable bonds is 7. The Hall–Kier alpha value is -3.00. The van der Waals surface area contributed by atoms with Crippen molar-refractivity contribution in [2.45, 2.75) is 13.3 Å². The van der Waals surface area contributed by atoms with Gasteiger partial charge in [0.15, 0.2) is 0 Å². The number of anilines is 2. The maximum atomic E-state index is 11.9. The van der Waals surface area contributed by atoms with Crippen molar-refractivity contribution in [1.29, 1.82) is 5.26 Å². The number of nitrogens with one attached hydrogen (secondary N) is 2. The molecule has 0 aliphatic rings. The van der Waals surface area contributed by atoms with Gasteiger partial charge in [-0.1, -0.05) is 6.07 Å². The van der Waals surface area contributed by atoms with Gasteiger partial charge in [-0.05, 0) is 49.4 Å². The lowest BCUT2D eigenvalue weighted by Crippen LogP contribution is -2.16. The zero-order valence-corrected chi connectivity index (χ0v) is 13.0. The Morgan fingerprint density at radius 3 is 2.65 bits per heavy atom. The standard InChI is InChI=1S/C18H19N3O2/c1-2-23-17-8-6-15(7-9-17)20-11-10-18(22)21-16-5-3-4-14(12-16)13-19/h3-9,12,20H,2,10-11H2,1H3,(H,21,22). The van der Waals surface area contributed by atoms with E-state index in [0.717, 1.165) is 11.4 Å². The predicted octanol–water partition coefficient (Wildman–Crippen LogP) is 3.40. The molecule has 2 rings (SSSR count). The first-order valence-corrected chi connectivity index (χ1v) is 7.48. The molecule has 0 fully saturated rings. The fraction of sp³-hybridized carbons (Fsp3) is 0.222. The Balaban J connectivity index is 1.77. The third-order valence-electron chi connectivity index (χ3n) is 3.12. The van der Waals surface area contributed by atoms with Crippen LogP contribution in [-0.4, -0.2) is 19.1 Å². The van der Waals surface area contributed by atoms with Crippen LogP contribution in [0.15, 0.2) is 48.5 Å². The van der Waals surface area contributed by atoms with Gasteiger partial charge in [0.25, 0.3) is 0 Å². The summed E-state index contributed by atoms with van der Waals surface area (Å²) < 4.78 is 5.37. The Morgan fingerprint density at radius 1 is 1.17 bits per heavy atom. The number of nitriles is 1. The molecular formula is C18H19N3O2. The fourth-order valence-electron chi connectivity index (χ4n) is 2.05. The van der Waals surface area contributed by atoms with Crippen LogP contribution in [0.4, 0.5) is 11.4 Å². The molecule has 0 atom stereocenters. The van der Waals surface area contributed by atoms with E-state index in [1.165, 1.54) is 0 Å². The zero-order chi connectivity index (χ0) is 16.5. The zero-order valence-electron chi connectivity index (χ0n) is 13.0. The average Bonchev–Trinajstić information content (AvgIpc) is 2.57. The predicted molar refractivity (Wildman–Crippen MR) is 90.5 cm³/mol. The molecule has 2 N–H and O–H groups in total. The van der Waals surface area contributed by atoms with E-state index in [0.29, 0.717) is 30.8 Å². The van der Waals surface area contributed by atoms with Gasteiger partial charge in [-0.2, -0.15) is 5.26 Å². The van der Waals surface area contributed by atoms with E-state index < -0.39 is 0 Å². The summed E-state index contributed by atoms with van der Waals surface area (Å²) in [4.78, 5) is 11.9. The molecule has 0 radical (unpaired) electrons. The number of ether oxygens (including phenoxy) is 1. The normalized spacial score (nSPS) is 9.74. The van der Waals surface area contributed by atoms with Crippen molar-refractivity contribution in [2.24, 2.45) is 0 Å². The van der Waals surface area contributed by atoms with Crippen LogP contribution >= 0.6 is 0 Å². The van der Waals surface area contributed by atoms with E-state index in [2.05, 4.69) is 10.6 Å². The van der Waals surface area contributed by atoms with Crippen molar-refractivity contribution in [3.8, 4) is 11.8 Å². The SMILES string of the molecule is CCOc1ccc(NCCC(=O)Nc2cccc(C#N)c2)cc1. The van der Waals surface area contributed by atoms with E-state index in [1.807, 2.05) is 37.3 Å². The minimum absolute atomic E-state index is 0.0986. The maximum absolute atomic E-state index is 11.9. The van der Waals surface area contributed by atoms with Crippen LogP contribution in [0.2, 0.25) is 0 Å². The molecule has 118 valence electrons. The molecule has 0 unspecified atom stereocenters. The summed E-state index contributed by atoms with van der Waals surface area (Å²) in [6, 6.07) is 16.5. The topological polar surface area (TPSA) is 74.2 Å². The molecular weight excluding hydrogens is 290 g/mol. The molecule has 0 aliphatic heterocycles. The summed E-state index contributed by atoms with van der Waals surface area (Å²) in [5, 5.41) is 14.8. The Labute approximate surface area is 135 Å². The Bertz CT molecular complexity index is 690. The summed E-state index contributed by atoms with van der Waals surface area (Å²) in [5.74, 6) is 0.728. The fourth-order valence-corrected chi connectivity index (χ4v) is 2.05. The van der Waals surface area contributed by atoms with Gasteiger partial charge in [-0.3, -0.25) is 4.79 Å². The van der Waals surface area contributed by atoms with Crippen LogP contribution in [0, 0.1) is 11.3 Å². The highest BCUT2D eigenvalue weighted by Crippen LogP contribution is 2.15. The molecule has 0 aliphatic carbocycles. The second-order valence-corrected chi connectivity index (χ2v) is 4.87. The highest BCUT2D eigenvalue weighted by molar-refractivity contribution is 5.91. The smallest absolute Gasteiger partial charge is 0.226 e. The van der Waals surface area contributed by atoms with Gasteiger partial charge < -0.3 is 15.4 Å². The van der Waals surface area contributed by atoms with Crippen LogP contribution < -0.4 is 15.4 Å². The molecule has 5 heteroatoms. The van der Waals surface area contributed by atoms with E-state index in [1.54, 1.807) is 24.3 Å². The second-order valence-electron chi connectivity index (χ2n) is 4.87. The van der Waals surface area contributed by atoms with Gasteiger partial charge in [0, 0.05) is 24.3 Å². The highest BCUT2D eigenvalue weighted by atomic mass is 16.5. The van der Waals surface area contributed by atoms with Gasteiger partial charge >= 0.3 is 0 Å². The van der Waals surface area contributed by atoms with Crippen molar-refractivity contribution in [3.63, 3.8) is 0 Å². The number of hydrogen-bond donors (Lipinski definition) is 2. The third-order valence-corrected chi connectivity index (χ3v) is 3.12. The van der Waals surface area contributed by atoms with Crippen LogP contribution in [-0.2, 0) is 4.79 Å². The summed E-state index contributed by atoms with van der Waals surface area (Å²) in [6.45, 7) is 3.11. The molecule has 0 saturated carbocycles. The lowest BCUT2D eigenvalue weighted by atomic mass is 10.2. The average molecular weight is 309 g/mol. The first-order chi connectivity index (χ1) is 11.2. The summed E-state index contributed by atoms with van der Waals surface area (Å²) in [5.41, 5.74) is 2.10. The maximum Gasteiger partial charge on any atom is 0.226 e. The molecule has 0 bridgehead atoms. The van der Waals surface area contributed by atoms with Crippen molar-refractivity contribution < 1.29 is 9.53 Å². The molecule has 23 heavy (non-hydrogen) atoms. The Morgan fingerprint density at radius 2 is 1.96 bits per heavy atom. The number of benzene rings is 2. The van der Waals surface area contributed by atoms with Crippen LogP contribution in [0.1, 0.15) is 18.9 Å². The minimum Gasteiger partial charge on any atom is -0.494 e. The number of amides is 1. The van der Waals surface area contributed by atoms with E-state index in [-0.39, 0.29) is 5.91 Å². The van der Waals surface area contributed by atoms with E-state index in [9.17, 15) is 4.79 Å². The number of nitrogens with zero attached hydrogens (tertiary/aromatic N) is 1. The van der Waals surface area contributed by atoms with Crippen molar-refractivity contribution >= 4 is 17.3 Å².